The number of imide groups is 1. The molecular weight excluding hydrogens is 340 g/mol. The molecule has 0 saturated carbocycles. The van der Waals surface area contributed by atoms with E-state index in [9.17, 15) is 19.7 Å². The van der Waals surface area contributed by atoms with Crippen molar-refractivity contribution in [3.63, 3.8) is 0 Å². The maximum Gasteiger partial charge on any atom is 0.293 e. The highest BCUT2D eigenvalue weighted by atomic mass is 32.1. The van der Waals surface area contributed by atoms with Crippen LogP contribution in [0.3, 0.4) is 0 Å². The molecule has 6 nitrogen and oxygen atoms in total. The number of benzene rings is 2. The first-order valence-electron chi connectivity index (χ1n) is 7.38. The fourth-order valence-corrected chi connectivity index (χ4v) is 3.58. The Labute approximate surface area is 146 Å². The zero-order valence-corrected chi connectivity index (χ0v) is 13.5. The third-order valence-corrected chi connectivity index (χ3v) is 4.93. The number of anilines is 1. The smallest absolute Gasteiger partial charge is 0.268 e. The van der Waals surface area contributed by atoms with Crippen LogP contribution in [0.2, 0.25) is 0 Å². The molecule has 0 atom stereocenters. The van der Waals surface area contributed by atoms with Crippen LogP contribution in [-0.2, 0) is 0 Å². The molecule has 0 saturated heterocycles. The summed E-state index contributed by atoms with van der Waals surface area (Å²) in [6.45, 7) is 0. The van der Waals surface area contributed by atoms with Crippen molar-refractivity contribution in [1.82, 2.24) is 0 Å². The standard InChI is InChI=1S/C18H10N2O4S/c21-17-12-4-1-2-5-13(12)18(22)19(17)15-10-11(16-6-3-9-25-16)7-8-14(15)20(23)24/h1-10H. The highest BCUT2D eigenvalue weighted by molar-refractivity contribution is 7.13. The lowest BCUT2D eigenvalue weighted by Gasteiger charge is -2.15. The van der Waals surface area contributed by atoms with E-state index in [1.165, 1.54) is 23.5 Å². The van der Waals surface area contributed by atoms with Gasteiger partial charge < -0.3 is 0 Å². The Kier molecular flexibility index (Phi) is 3.43. The SMILES string of the molecule is O=C1c2ccccc2C(=O)N1c1cc(-c2cccs2)ccc1[N+](=O)[O-]. The van der Waals surface area contributed by atoms with Crippen LogP contribution in [-0.4, -0.2) is 16.7 Å². The second kappa shape index (κ2) is 5.64. The lowest BCUT2D eigenvalue weighted by atomic mass is 10.1. The van der Waals surface area contributed by atoms with E-state index in [1.54, 1.807) is 30.3 Å². The lowest BCUT2D eigenvalue weighted by Crippen LogP contribution is -2.30. The first-order chi connectivity index (χ1) is 12.1. The van der Waals surface area contributed by atoms with Gasteiger partial charge in [-0.25, -0.2) is 4.90 Å². The van der Waals surface area contributed by atoms with E-state index in [0.717, 1.165) is 9.78 Å². The van der Waals surface area contributed by atoms with Gasteiger partial charge in [-0.1, -0.05) is 18.2 Å². The Hall–Kier alpha value is -3.32. The summed E-state index contributed by atoms with van der Waals surface area (Å²) in [6, 6.07) is 14.6. The van der Waals surface area contributed by atoms with E-state index in [0.29, 0.717) is 5.56 Å². The molecule has 0 radical (unpaired) electrons. The van der Waals surface area contributed by atoms with Crippen molar-refractivity contribution in [3.05, 3.63) is 81.2 Å². The summed E-state index contributed by atoms with van der Waals surface area (Å²) in [5.74, 6) is -1.10. The summed E-state index contributed by atoms with van der Waals surface area (Å²) in [5.41, 5.74) is 0.927. The first-order valence-corrected chi connectivity index (χ1v) is 8.26. The number of carbonyl (C=O) groups is 2. The van der Waals surface area contributed by atoms with E-state index in [2.05, 4.69) is 0 Å². The minimum absolute atomic E-state index is 0.0119. The van der Waals surface area contributed by atoms with Gasteiger partial charge >= 0.3 is 0 Å². The van der Waals surface area contributed by atoms with Crippen LogP contribution in [0, 0.1) is 10.1 Å². The Balaban J connectivity index is 1.90. The van der Waals surface area contributed by atoms with Crippen molar-refractivity contribution in [1.29, 1.82) is 0 Å². The van der Waals surface area contributed by atoms with Gasteiger partial charge in [0.25, 0.3) is 17.5 Å². The zero-order chi connectivity index (χ0) is 17.6. The second-order valence-electron chi connectivity index (χ2n) is 5.43. The highest BCUT2D eigenvalue weighted by Crippen LogP contribution is 2.38. The van der Waals surface area contributed by atoms with Crippen molar-refractivity contribution < 1.29 is 14.5 Å². The van der Waals surface area contributed by atoms with Crippen LogP contribution in [0.25, 0.3) is 10.4 Å². The van der Waals surface area contributed by atoms with Crippen LogP contribution in [0.1, 0.15) is 20.7 Å². The molecule has 0 bridgehead atoms. The Morgan fingerprint density at radius 1 is 0.920 bits per heavy atom. The molecule has 1 aliphatic rings. The molecule has 0 aliphatic carbocycles. The molecule has 1 aromatic heterocycles. The fraction of sp³-hybridized carbons (Fsp3) is 0. The van der Waals surface area contributed by atoms with Crippen molar-refractivity contribution >= 4 is 34.5 Å². The number of nitro benzene ring substituents is 1. The van der Waals surface area contributed by atoms with Crippen LogP contribution in [0.15, 0.2) is 60.0 Å². The summed E-state index contributed by atoms with van der Waals surface area (Å²) in [4.78, 5) is 38.0. The number of nitro groups is 1. The second-order valence-corrected chi connectivity index (χ2v) is 6.38. The van der Waals surface area contributed by atoms with Gasteiger partial charge in [0.1, 0.15) is 5.69 Å². The summed E-state index contributed by atoms with van der Waals surface area (Å²) in [5, 5.41) is 13.3. The molecular formula is C18H10N2O4S. The Morgan fingerprint density at radius 2 is 1.60 bits per heavy atom. The molecule has 122 valence electrons. The van der Waals surface area contributed by atoms with E-state index >= 15 is 0 Å². The van der Waals surface area contributed by atoms with Gasteiger partial charge in [-0.15, -0.1) is 11.3 Å². The summed E-state index contributed by atoms with van der Waals surface area (Å²) in [7, 11) is 0. The minimum Gasteiger partial charge on any atom is -0.268 e. The quantitative estimate of drug-likeness (QED) is 0.404. The molecule has 1 aliphatic heterocycles. The van der Waals surface area contributed by atoms with E-state index in [4.69, 9.17) is 0 Å². The third kappa shape index (κ3) is 2.33. The largest absolute Gasteiger partial charge is 0.293 e. The molecule has 0 spiro atoms. The molecule has 2 aromatic carbocycles. The Morgan fingerprint density at radius 3 is 2.16 bits per heavy atom. The lowest BCUT2D eigenvalue weighted by molar-refractivity contribution is -0.384. The Bertz CT molecular complexity index is 992. The molecule has 0 unspecified atom stereocenters. The van der Waals surface area contributed by atoms with Gasteiger partial charge in [-0.05, 0) is 41.3 Å². The van der Waals surface area contributed by atoms with E-state index in [1.807, 2.05) is 17.5 Å². The summed E-state index contributed by atoms with van der Waals surface area (Å²) in [6.07, 6.45) is 0. The van der Waals surface area contributed by atoms with E-state index < -0.39 is 16.7 Å². The fourth-order valence-electron chi connectivity index (χ4n) is 2.86. The van der Waals surface area contributed by atoms with E-state index in [-0.39, 0.29) is 22.5 Å². The summed E-state index contributed by atoms with van der Waals surface area (Å²) < 4.78 is 0. The van der Waals surface area contributed by atoms with Gasteiger partial charge in [-0.3, -0.25) is 19.7 Å². The minimum atomic E-state index is -0.586. The number of nitrogens with zero attached hydrogens (tertiary/aromatic N) is 2. The van der Waals surface area contributed by atoms with Crippen molar-refractivity contribution in [2.75, 3.05) is 4.90 Å². The third-order valence-electron chi connectivity index (χ3n) is 4.01. The van der Waals surface area contributed by atoms with Crippen LogP contribution < -0.4 is 4.90 Å². The topological polar surface area (TPSA) is 80.5 Å². The van der Waals surface area contributed by atoms with Crippen LogP contribution >= 0.6 is 11.3 Å². The predicted octanol–water partition coefficient (Wildman–Crippen LogP) is 4.12. The molecule has 3 aromatic rings. The van der Waals surface area contributed by atoms with Gasteiger partial charge in [0.15, 0.2) is 0 Å². The van der Waals surface area contributed by atoms with Crippen LogP contribution in [0.4, 0.5) is 11.4 Å². The monoisotopic (exact) mass is 350 g/mol. The predicted molar refractivity (Wildman–Crippen MR) is 94.0 cm³/mol. The van der Waals surface area contributed by atoms with Gasteiger partial charge in [-0.2, -0.15) is 0 Å². The molecule has 25 heavy (non-hydrogen) atoms. The molecule has 2 heterocycles. The first kappa shape index (κ1) is 15.2. The number of thiophene rings is 1. The number of hydrogen-bond donors (Lipinski definition) is 0. The van der Waals surface area contributed by atoms with Gasteiger partial charge in [0, 0.05) is 10.9 Å². The maximum absolute atomic E-state index is 12.7. The molecule has 7 heteroatoms. The highest BCUT2D eigenvalue weighted by Gasteiger charge is 2.39. The van der Waals surface area contributed by atoms with Crippen molar-refractivity contribution in [2.45, 2.75) is 0 Å². The zero-order valence-electron chi connectivity index (χ0n) is 12.7. The normalized spacial score (nSPS) is 13.2. The number of carbonyl (C=O) groups excluding carboxylic acids is 2. The maximum atomic E-state index is 12.7. The average Bonchev–Trinajstić information content (AvgIpc) is 3.23. The number of amides is 2. The number of rotatable bonds is 3. The van der Waals surface area contributed by atoms with Crippen molar-refractivity contribution in [2.24, 2.45) is 0 Å². The van der Waals surface area contributed by atoms with Gasteiger partial charge in [0.2, 0.25) is 0 Å². The average molecular weight is 350 g/mol. The van der Waals surface area contributed by atoms with Gasteiger partial charge in [0.05, 0.1) is 16.1 Å². The summed E-state index contributed by atoms with van der Waals surface area (Å²) >= 11 is 1.47. The molecule has 4 rings (SSSR count). The number of hydrogen-bond acceptors (Lipinski definition) is 5. The van der Waals surface area contributed by atoms with Crippen molar-refractivity contribution in [3.8, 4) is 10.4 Å². The molecule has 0 N–H and O–H groups in total. The molecule has 0 fully saturated rings. The van der Waals surface area contributed by atoms with Crippen LogP contribution in [0.5, 0.6) is 0 Å². The molecule has 2 amide bonds. The number of fused-ring (bicyclic) bond motifs is 1.